The lowest BCUT2D eigenvalue weighted by molar-refractivity contribution is 0.0903. The van der Waals surface area contributed by atoms with Gasteiger partial charge >= 0.3 is 0 Å². The van der Waals surface area contributed by atoms with Crippen LogP contribution >= 0.6 is 0 Å². The zero-order valence-electron chi connectivity index (χ0n) is 4.09. The van der Waals surface area contributed by atoms with Crippen LogP contribution in [0.1, 0.15) is 0 Å². The van der Waals surface area contributed by atoms with Gasteiger partial charge in [0.25, 0.3) is 11.9 Å². The van der Waals surface area contributed by atoms with Gasteiger partial charge in [-0.2, -0.15) is 0 Å². The summed E-state index contributed by atoms with van der Waals surface area (Å²) < 4.78 is 53.1. The third-order valence-electron chi connectivity index (χ3n) is 0.512. The maximum atomic E-state index is 11.6. The number of sulfonamides is 1. The van der Waals surface area contributed by atoms with Gasteiger partial charge in [0.05, 0.1) is 0 Å². The molecule has 0 aromatic carbocycles. The van der Waals surface area contributed by atoms with E-state index in [9.17, 15) is 21.6 Å². The summed E-state index contributed by atoms with van der Waals surface area (Å²) in [5.41, 5.74) is -3.27. The first-order valence-electron chi connectivity index (χ1n) is 1.79. The Labute approximate surface area is 49.7 Å². The van der Waals surface area contributed by atoms with Crippen molar-refractivity contribution in [3.8, 4) is 0 Å². The average Bonchev–Trinajstić information content (AvgIpc) is 1.62. The lowest BCUT2D eigenvalue weighted by Crippen LogP contribution is -2.30. The Hall–Kier alpha value is -0.300. The second kappa shape index (κ2) is 2.53. The molecule has 0 saturated heterocycles. The van der Waals surface area contributed by atoms with E-state index in [0.717, 1.165) is 0 Å². The number of primary sulfonamides is 1. The molecule has 0 aliphatic heterocycles. The van der Waals surface area contributed by atoms with Crippen LogP contribution in [0.25, 0.3) is 0 Å². The normalized spacial score (nSPS) is 16.1. The van der Waals surface area contributed by atoms with Crippen LogP contribution in [0.15, 0.2) is 0 Å². The Bertz CT molecular complexity index is 176. The molecule has 0 aromatic rings. The highest BCUT2D eigenvalue weighted by Crippen LogP contribution is 2.08. The molecule has 1 atom stereocenters. The van der Waals surface area contributed by atoms with Crippen molar-refractivity contribution < 1.29 is 21.6 Å². The maximum absolute atomic E-state index is 11.6. The lowest BCUT2D eigenvalue weighted by atomic mass is 10.8. The molecule has 56 valence electrons. The first-order chi connectivity index (χ1) is 3.85. The van der Waals surface area contributed by atoms with E-state index in [0.29, 0.717) is 0 Å². The van der Waals surface area contributed by atoms with Gasteiger partial charge in [-0.1, -0.05) is 0 Å². The number of hydrogen-bond donors (Lipinski definition) is 1. The third-order valence-corrected chi connectivity index (χ3v) is 1.35. The van der Waals surface area contributed by atoms with Crippen molar-refractivity contribution in [1.29, 1.82) is 0 Å². The summed E-state index contributed by atoms with van der Waals surface area (Å²) in [5, 5.41) is 4.00. The molecule has 0 aliphatic rings. The van der Waals surface area contributed by atoms with Crippen molar-refractivity contribution in [3.63, 3.8) is 0 Å². The predicted molar refractivity (Wildman–Crippen MR) is 24.0 cm³/mol. The molecule has 0 saturated carbocycles. The molecule has 0 bridgehead atoms. The van der Waals surface area contributed by atoms with Gasteiger partial charge in [0, 0.05) is 0 Å². The standard InChI is InChI=1S/C2H4F3NO2S/c3-1(4)2(5)9(6,7)8/h1-2H,(H2,6,7,8). The van der Waals surface area contributed by atoms with Crippen LogP contribution in [-0.2, 0) is 10.0 Å². The molecule has 0 aromatic heterocycles. The van der Waals surface area contributed by atoms with Gasteiger partial charge < -0.3 is 0 Å². The molecule has 0 radical (unpaired) electrons. The molecular weight excluding hydrogens is 159 g/mol. The zero-order valence-corrected chi connectivity index (χ0v) is 4.91. The monoisotopic (exact) mass is 163 g/mol. The first-order valence-corrected chi connectivity index (χ1v) is 3.40. The minimum Gasteiger partial charge on any atom is -0.226 e. The fraction of sp³-hybridized carbons (Fsp3) is 1.00. The fourth-order valence-corrected chi connectivity index (χ4v) is 0.430. The Morgan fingerprint density at radius 2 is 1.56 bits per heavy atom. The van der Waals surface area contributed by atoms with Crippen molar-refractivity contribution in [3.05, 3.63) is 0 Å². The summed E-state index contributed by atoms with van der Waals surface area (Å²) in [6.45, 7) is 0. The minimum absolute atomic E-state index is 3.27. The second-order valence-electron chi connectivity index (χ2n) is 1.27. The van der Waals surface area contributed by atoms with Crippen LogP contribution in [0, 0.1) is 0 Å². The van der Waals surface area contributed by atoms with E-state index in [1.807, 2.05) is 0 Å². The molecule has 0 amide bonds. The zero-order chi connectivity index (χ0) is 7.65. The van der Waals surface area contributed by atoms with Gasteiger partial charge in [-0.15, -0.1) is 0 Å². The van der Waals surface area contributed by atoms with Gasteiger partial charge in [-0.3, -0.25) is 0 Å². The highest BCUT2D eigenvalue weighted by molar-refractivity contribution is 7.89. The Morgan fingerprint density at radius 3 is 1.56 bits per heavy atom. The van der Waals surface area contributed by atoms with Crippen LogP contribution in [-0.4, -0.2) is 20.3 Å². The molecule has 7 heteroatoms. The maximum Gasteiger partial charge on any atom is 0.285 e. The van der Waals surface area contributed by atoms with Crippen molar-refractivity contribution in [2.45, 2.75) is 11.9 Å². The lowest BCUT2D eigenvalue weighted by Gasteiger charge is -2.01. The van der Waals surface area contributed by atoms with Gasteiger partial charge in [-0.05, 0) is 0 Å². The SMILES string of the molecule is NS(=O)(=O)C(F)C(F)F. The van der Waals surface area contributed by atoms with E-state index in [-0.39, 0.29) is 0 Å². The van der Waals surface area contributed by atoms with E-state index in [1.165, 1.54) is 0 Å². The van der Waals surface area contributed by atoms with Gasteiger partial charge in [0.15, 0.2) is 0 Å². The van der Waals surface area contributed by atoms with Gasteiger partial charge in [0.1, 0.15) is 0 Å². The van der Waals surface area contributed by atoms with E-state index in [1.54, 1.807) is 0 Å². The summed E-state index contributed by atoms with van der Waals surface area (Å²) in [7, 11) is -4.72. The fourth-order valence-electron chi connectivity index (χ4n) is 0.143. The molecule has 0 heterocycles. The molecule has 9 heavy (non-hydrogen) atoms. The highest BCUT2D eigenvalue weighted by Gasteiger charge is 2.30. The Balaban J connectivity index is 4.24. The second-order valence-corrected chi connectivity index (χ2v) is 2.90. The van der Waals surface area contributed by atoms with Crippen molar-refractivity contribution in [2.75, 3.05) is 0 Å². The Kier molecular flexibility index (Phi) is 2.44. The number of alkyl halides is 3. The number of halogens is 3. The Morgan fingerprint density at radius 1 is 1.22 bits per heavy atom. The molecule has 0 spiro atoms. The van der Waals surface area contributed by atoms with Crippen LogP contribution in [0.4, 0.5) is 13.2 Å². The summed E-state index contributed by atoms with van der Waals surface area (Å²) in [6, 6.07) is 0. The summed E-state index contributed by atoms with van der Waals surface area (Å²) >= 11 is 0. The molecule has 0 rings (SSSR count). The molecule has 2 N–H and O–H groups in total. The molecule has 1 unspecified atom stereocenters. The van der Waals surface area contributed by atoms with Gasteiger partial charge in [-0.25, -0.2) is 26.7 Å². The topological polar surface area (TPSA) is 60.2 Å². The predicted octanol–water partition coefficient (Wildman–Crippen LogP) is -0.164. The number of rotatable bonds is 2. The summed E-state index contributed by atoms with van der Waals surface area (Å²) in [6.07, 6.45) is -3.57. The number of hydrogen-bond acceptors (Lipinski definition) is 2. The van der Waals surface area contributed by atoms with Crippen LogP contribution in [0.5, 0.6) is 0 Å². The largest absolute Gasteiger partial charge is 0.285 e. The average molecular weight is 163 g/mol. The van der Waals surface area contributed by atoms with Crippen LogP contribution in [0.2, 0.25) is 0 Å². The first kappa shape index (κ1) is 8.70. The van der Waals surface area contributed by atoms with Crippen molar-refractivity contribution >= 4 is 10.0 Å². The van der Waals surface area contributed by atoms with Gasteiger partial charge in [0.2, 0.25) is 10.0 Å². The van der Waals surface area contributed by atoms with Crippen molar-refractivity contribution in [2.24, 2.45) is 5.14 Å². The number of nitrogens with two attached hydrogens (primary N) is 1. The van der Waals surface area contributed by atoms with E-state index < -0.39 is 22.0 Å². The summed E-state index contributed by atoms with van der Waals surface area (Å²) in [5.74, 6) is 0. The molecule has 3 nitrogen and oxygen atoms in total. The quantitative estimate of drug-likeness (QED) is 0.614. The van der Waals surface area contributed by atoms with Crippen LogP contribution in [0.3, 0.4) is 0 Å². The smallest absolute Gasteiger partial charge is 0.226 e. The van der Waals surface area contributed by atoms with E-state index in [4.69, 9.17) is 0 Å². The van der Waals surface area contributed by atoms with Crippen molar-refractivity contribution in [1.82, 2.24) is 0 Å². The third kappa shape index (κ3) is 2.66. The molecular formula is C2H4F3NO2S. The van der Waals surface area contributed by atoms with Crippen LogP contribution < -0.4 is 5.14 Å². The molecule has 0 aliphatic carbocycles. The highest BCUT2D eigenvalue weighted by atomic mass is 32.2. The summed E-state index contributed by atoms with van der Waals surface area (Å²) in [4.78, 5) is 0. The minimum atomic E-state index is -4.72. The molecule has 0 fully saturated rings. The van der Waals surface area contributed by atoms with E-state index >= 15 is 0 Å². The van der Waals surface area contributed by atoms with E-state index in [2.05, 4.69) is 5.14 Å².